The Balaban J connectivity index is 1.49. The Bertz CT molecular complexity index is 1390. The summed E-state index contributed by atoms with van der Waals surface area (Å²) in [6.45, 7) is 3.75. The third-order valence-electron chi connectivity index (χ3n) is 5.55. The minimum Gasteiger partial charge on any atom is -0.465 e. The number of aromatic nitrogens is 2. The van der Waals surface area contributed by atoms with Gasteiger partial charge in [0.2, 0.25) is 0 Å². The number of nitrogens with one attached hydrogen (secondary N) is 2. The molecule has 4 aromatic rings. The maximum Gasteiger partial charge on any atom is 0.339 e. The number of H-pyrrole nitrogens is 1. The van der Waals surface area contributed by atoms with Crippen molar-refractivity contribution < 1.29 is 23.9 Å². The molecule has 0 saturated heterocycles. The van der Waals surface area contributed by atoms with E-state index < -0.39 is 23.9 Å². The molecular formula is C27H25N3O5. The number of carbonyl (C=O) groups excluding carboxylic acids is 3. The van der Waals surface area contributed by atoms with Crippen LogP contribution in [0.3, 0.4) is 0 Å². The quantitative estimate of drug-likeness (QED) is 0.371. The number of aryl methyl sites for hydroxylation is 1. The zero-order valence-corrected chi connectivity index (χ0v) is 19.6. The SMILES string of the molecule is CCC(OC(=O)c1ccc2nc(-c3ccc(C)cc3)[nH]c2c1)C(=O)Nc1ccccc1C(=O)OC. The number of carbonyl (C=O) groups is 3. The maximum atomic E-state index is 12.8. The van der Waals surface area contributed by atoms with Crippen molar-refractivity contribution in [2.45, 2.75) is 26.4 Å². The number of hydrogen-bond acceptors (Lipinski definition) is 6. The summed E-state index contributed by atoms with van der Waals surface area (Å²) < 4.78 is 10.3. The minimum absolute atomic E-state index is 0.207. The number of ether oxygens (including phenoxy) is 2. The van der Waals surface area contributed by atoms with Crippen molar-refractivity contribution in [3.05, 3.63) is 83.4 Å². The van der Waals surface area contributed by atoms with Crippen molar-refractivity contribution in [3.8, 4) is 11.4 Å². The Morgan fingerprint density at radius 1 is 1.00 bits per heavy atom. The van der Waals surface area contributed by atoms with E-state index in [1.807, 2.05) is 31.2 Å². The highest BCUT2D eigenvalue weighted by Gasteiger charge is 2.24. The Kier molecular flexibility index (Phi) is 6.91. The lowest BCUT2D eigenvalue weighted by molar-refractivity contribution is -0.124. The maximum absolute atomic E-state index is 12.8. The molecule has 0 aliphatic carbocycles. The van der Waals surface area contributed by atoms with Crippen molar-refractivity contribution in [1.82, 2.24) is 9.97 Å². The van der Waals surface area contributed by atoms with Gasteiger partial charge in [-0.05, 0) is 43.7 Å². The molecule has 2 N–H and O–H groups in total. The molecule has 0 aliphatic rings. The summed E-state index contributed by atoms with van der Waals surface area (Å²) in [6.07, 6.45) is -0.796. The summed E-state index contributed by atoms with van der Waals surface area (Å²) in [5.74, 6) is -1.06. The minimum atomic E-state index is -1.05. The lowest BCUT2D eigenvalue weighted by Crippen LogP contribution is -2.32. The summed E-state index contributed by atoms with van der Waals surface area (Å²) in [6, 6.07) is 19.4. The van der Waals surface area contributed by atoms with Crippen LogP contribution in [0.4, 0.5) is 5.69 Å². The zero-order chi connectivity index (χ0) is 24.9. The van der Waals surface area contributed by atoms with Gasteiger partial charge in [-0.15, -0.1) is 0 Å². The second-order valence-corrected chi connectivity index (χ2v) is 8.01. The molecule has 8 nitrogen and oxygen atoms in total. The van der Waals surface area contributed by atoms with Crippen LogP contribution in [-0.2, 0) is 14.3 Å². The Hall–Kier alpha value is -4.46. The highest BCUT2D eigenvalue weighted by molar-refractivity contribution is 6.03. The first-order valence-electron chi connectivity index (χ1n) is 11.2. The summed E-state index contributed by atoms with van der Waals surface area (Å²) in [5.41, 5.74) is 4.25. The first kappa shape index (κ1) is 23.7. The number of benzene rings is 3. The molecule has 0 bridgehead atoms. The monoisotopic (exact) mass is 471 g/mol. The average Bonchev–Trinajstić information content (AvgIpc) is 3.30. The number of rotatable bonds is 7. The fourth-order valence-corrected chi connectivity index (χ4v) is 3.60. The van der Waals surface area contributed by atoms with E-state index >= 15 is 0 Å². The van der Waals surface area contributed by atoms with Crippen LogP contribution < -0.4 is 5.32 Å². The van der Waals surface area contributed by atoms with Crippen molar-refractivity contribution in [2.75, 3.05) is 12.4 Å². The van der Waals surface area contributed by atoms with Crippen LogP contribution in [0.1, 0.15) is 39.6 Å². The van der Waals surface area contributed by atoms with Gasteiger partial charge in [0.1, 0.15) is 5.82 Å². The first-order chi connectivity index (χ1) is 16.9. The molecule has 4 rings (SSSR count). The van der Waals surface area contributed by atoms with E-state index in [2.05, 4.69) is 15.3 Å². The number of anilines is 1. The number of para-hydroxylation sites is 1. The number of nitrogens with zero attached hydrogens (tertiary/aromatic N) is 1. The lowest BCUT2D eigenvalue weighted by Gasteiger charge is -2.17. The molecule has 8 heteroatoms. The van der Waals surface area contributed by atoms with Gasteiger partial charge in [-0.3, -0.25) is 4.79 Å². The van der Waals surface area contributed by atoms with Crippen LogP contribution >= 0.6 is 0 Å². The molecule has 0 spiro atoms. The van der Waals surface area contributed by atoms with Crippen LogP contribution in [-0.4, -0.2) is 41.0 Å². The topological polar surface area (TPSA) is 110 Å². The molecular weight excluding hydrogens is 446 g/mol. The predicted molar refractivity (Wildman–Crippen MR) is 132 cm³/mol. The predicted octanol–water partition coefficient (Wildman–Crippen LogP) is 4.90. The zero-order valence-electron chi connectivity index (χ0n) is 19.6. The van der Waals surface area contributed by atoms with E-state index in [4.69, 9.17) is 9.47 Å². The summed E-state index contributed by atoms with van der Waals surface area (Å²) in [7, 11) is 1.26. The molecule has 1 amide bonds. The fourth-order valence-electron chi connectivity index (χ4n) is 3.60. The van der Waals surface area contributed by atoms with E-state index in [9.17, 15) is 14.4 Å². The van der Waals surface area contributed by atoms with Gasteiger partial charge < -0.3 is 19.8 Å². The third kappa shape index (κ3) is 5.22. The number of methoxy groups -OCH3 is 1. The summed E-state index contributed by atoms with van der Waals surface area (Å²) in [4.78, 5) is 45.4. The molecule has 0 aliphatic heterocycles. The lowest BCUT2D eigenvalue weighted by atomic mass is 10.1. The Labute approximate surface area is 202 Å². The van der Waals surface area contributed by atoms with Gasteiger partial charge in [-0.2, -0.15) is 0 Å². The van der Waals surface area contributed by atoms with Crippen LogP contribution in [0.15, 0.2) is 66.7 Å². The Morgan fingerprint density at radius 3 is 2.46 bits per heavy atom. The molecule has 178 valence electrons. The van der Waals surface area contributed by atoms with Gasteiger partial charge in [0.05, 0.1) is 35.0 Å². The number of imidazole rings is 1. The van der Waals surface area contributed by atoms with E-state index in [1.54, 1.807) is 49.4 Å². The van der Waals surface area contributed by atoms with Gasteiger partial charge in [0.25, 0.3) is 5.91 Å². The van der Waals surface area contributed by atoms with E-state index in [1.165, 1.54) is 7.11 Å². The number of esters is 2. The summed E-state index contributed by atoms with van der Waals surface area (Å²) >= 11 is 0. The molecule has 0 radical (unpaired) electrons. The number of fused-ring (bicyclic) bond motifs is 1. The van der Waals surface area contributed by atoms with Gasteiger partial charge in [0, 0.05) is 5.56 Å². The standard InChI is InChI=1S/C27H25N3O5/c1-4-23(25(31)30-20-8-6-5-7-19(20)27(33)34-3)35-26(32)18-13-14-21-22(15-18)29-24(28-21)17-11-9-16(2)10-12-17/h5-15,23H,4H2,1-3H3,(H,28,29)(H,30,31). The van der Waals surface area contributed by atoms with Gasteiger partial charge in [-0.1, -0.05) is 48.9 Å². The third-order valence-corrected chi connectivity index (χ3v) is 5.55. The summed E-state index contributed by atoms with van der Waals surface area (Å²) in [5, 5.41) is 2.66. The van der Waals surface area contributed by atoms with E-state index in [0.717, 1.165) is 11.1 Å². The molecule has 0 saturated carbocycles. The van der Waals surface area contributed by atoms with Crippen molar-refractivity contribution in [2.24, 2.45) is 0 Å². The molecule has 1 atom stereocenters. The number of amides is 1. The van der Waals surface area contributed by atoms with Crippen LogP contribution in [0.5, 0.6) is 0 Å². The molecule has 1 aromatic heterocycles. The Morgan fingerprint density at radius 2 is 1.74 bits per heavy atom. The molecule has 3 aromatic carbocycles. The second-order valence-electron chi connectivity index (χ2n) is 8.01. The number of hydrogen-bond donors (Lipinski definition) is 2. The normalized spacial score (nSPS) is 11.6. The van der Waals surface area contributed by atoms with E-state index in [0.29, 0.717) is 16.9 Å². The van der Waals surface area contributed by atoms with Crippen LogP contribution in [0, 0.1) is 6.92 Å². The smallest absolute Gasteiger partial charge is 0.339 e. The van der Waals surface area contributed by atoms with Gasteiger partial charge in [-0.25, -0.2) is 14.6 Å². The van der Waals surface area contributed by atoms with Crippen LogP contribution in [0.2, 0.25) is 0 Å². The highest BCUT2D eigenvalue weighted by atomic mass is 16.5. The van der Waals surface area contributed by atoms with Crippen LogP contribution in [0.25, 0.3) is 22.4 Å². The fraction of sp³-hybridized carbons (Fsp3) is 0.185. The highest BCUT2D eigenvalue weighted by Crippen LogP contribution is 2.23. The molecule has 0 fully saturated rings. The van der Waals surface area contributed by atoms with E-state index in [-0.39, 0.29) is 23.2 Å². The van der Waals surface area contributed by atoms with Crippen molar-refractivity contribution >= 4 is 34.6 Å². The average molecular weight is 472 g/mol. The molecule has 35 heavy (non-hydrogen) atoms. The first-order valence-corrected chi connectivity index (χ1v) is 11.2. The van der Waals surface area contributed by atoms with Crippen molar-refractivity contribution in [3.63, 3.8) is 0 Å². The largest absolute Gasteiger partial charge is 0.465 e. The second kappa shape index (κ2) is 10.2. The molecule has 1 unspecified atom stereocenters. The van der Waals surface area contributed by atoms with Gasteiger partial charge >= 0.3 is 11.9 Å². The van der Waals surface area contributed by atoms with Gasteiger partial charge in [0.15, 0.2) is 6.10 Å². The van der Waals surface area contributed by atoms with Crippen molar-refractivity contribution in [1.29, 1.82) is 0 Å². The molecule has 1 heterocycles. The number of aromatic amines is 1.